The molecule has 5 heteroatoms. The lowest BCUT2D eigenvalue weighted by atomic mass is 10.5. The van der Waals surface area contributed by atoms with E-state index in [2.05, 4.69) is 27.7 Å². The normalized spacial score (nSPS) is 13.2. The molecule has 0 aromatic rings. The van der Waals surface area contributed by atoms with E-state index in [-0.39, 0.29) is 7.92 Å². The molecule has 0 aromatic heterocycles. The van der Waals surface area contributed by atoms with Gasteiger partial charge < -0.3 is 9.05 Å². The summed E-state index contributed by atoms with van der Waals surface area (Å²) in [6, 6.07) is 0. The van der Waals surface area contributed by atoms with Crippen LogP contribution in [0.1, 0.15) is 27.7 Å². The van der Waals surface area contributed by atoms with Crippen molar-refractivity contribution < 1.29 is 13.6 Å². The summed E-state index contributed by atoms with van der Waals surface area (Å²) in [4.78, 5) is 0. The van der Waals surface area contributed by atoms with Crippen LogP contribution in [0.3, 0.4) is 0 Å². The van der Waals surface area contributed by atoms with Crippen LogP contribution in [0.25, 0.3) is 0 Å². The molecule has 0 saturated carbocycles. The third-order valence-corrected chi connectivity index (χ3v) is 8.68. The molecule has 0 amide bonds. The second-order valence-corrected chi connectivity index (χ2v) is 10.00. The molecule has 0 aliphatic carbocycles. The molecular formula is C9H22O3P2. The first-order valence-corrected chi connectivity index (χ1v) is 8.22. The summed E-state index contributed by atoms with van der Waals surface area (Å²) < 4.78 is 21.9. The van der Waals surface area contributed by atoms with Gasteiger partial charge >= 0.3 is 7.60 Å². The Balaban J connectivity index is 4.50. The van der Waals surface area contributed by atoms with Gasteiger partial charge in [0.2, 0.25) is 0 Å². The first-order chi connectivity index (χ1) is 6.36. The Morgan fingerprint density at radius 1 is 1.07 bits per heavy atom. The van der Waals surface area contributed by atoms with Crippen LogP contribution in [0, 0.1) is 0 Å². The molecule has 0 aliphatic heterocycles. The summed E-state index contributed by atoms with van der Waals surface area (Å²) >= 11 is 0. The zero-order valence-electron chi connectivity index (χ0n) is 9.98. The van der Waals surface area contributed by atoms with E-state index in [4.69, 9.17) is 9.05 Å². The SMILES string of the molecule is COP(=O)(CP(C(C)C)C(C)C)OC. The number of hydrogen-bond donors (Lipinski definition) is 0. The highest BCUT2D eigenvalue weighted by Gasteiger charge is 2.29. The van der Waals surface area contributed by atoms with Gasteiger partial charge in [-0.2, -0.15) is 0 Å². The van der Waals surface area contributed by atoms with Crippen molar-refractivity contribution in [3.63, 3.8) is 0 Å². The minimum atomic E-state index is -2.82. The van der Waals surface area contributed by atoms with Crippen molar-refractivity contribution in [2.75, 3.05) is 20.1 Å². The van der Waals surface area contributed by atoms with Gasteiger partial charge in [0.25, 0.3) is 0 Å². The molecule has 14 heavy (non-hydrogen) atoms. The predicted molar refractivity (Wildman–Crippen MR) is 63.7 cm³/mol. The lowest BCUT2D eigenvalue weighted by Crippen LogP contribution is -2.08. The highest BCUT2D eigenvalue weighted by Crippen LogP contribution is 2.61. The largest absolute Gasteiger partial charge is 0.334 e. The Morgan fingerprint density at radius 2 is 1.43 bits per heavy atom. The molecule has 0 spiro atoms. The second-order valence-electron chi connectivity index (χ2n) is 3.82. The van der Waals surface area contributed by atoms with Gasteiger partial charge in [-0.3, -0.25) is 4.57 Å². The van der Waals surface area contributed by atoms with E-state index >= 15 is 0 Å². The molecule has 0 aliphatic rings. The maximum Gasteiger partial charge on any atom is 0.334 e. The van der Waals surface area contributed by atoms with Crippen molar-refractivity contribution in [2.24, 2.45) is 0 Å². The Morgan fingerprint density at radius 3 is 1.64 bits per heavy atom. The van der Waals surface area contributed by atoms with Gasteiger partial charge in [0, 0.05) is 14.2 Å². The molecule has 0 fully saturated rings. The molecule has 0 heterocycles. The molecule has 0 rings (SSSR count). The van der Waals surface area contributed by atoms with Crippen molar-refractivity contribution in [2.45, 2.75) is 39.0 Å². The smallest absolute Gasteiger partial charge is 0.312 e. The minimum Gasteiger partial charge on any atom is -0.312 e. The fourth-order valence-electron chi connectivity index (χ4n) is 1.31. The summed E-state index contributed by atoms with van der Waals surface area (Å²) in [7, 11) is -0.194. The van der Waals surface area contributed by atoms with Gasteiger partial charge in [-0.25, -0.2) is 0 Å². The van der Waals surface area contributed by atoms with Crippen LogP contribution in [0.2, 0.25) is 0 Å². The predicted octanol–water partition coefficient (Wildman–Crippen LogP) is 3.73. The van der Waals surface area contributed by atoms with Crippen LogP contribution in [0.5, 0.6) is 0 Å². The van der Waals surface area contributed by atoms with E-state index in [9.17, 15) is 4.57 Å². The van der Waals surface area contributed by atoms with Gasteiger partial charge in [-0.15, -0.1) is 0 Å². The van der Waals surface area contributed by atoms with Crippen LogP contribution >= 0.6 is 15.5 Å². The molecule has 0 aromatic carbocycles. The van der Waals surface area contributed by atoms with Crippen LogP contribution in [0.15, 0.2) is 0 Å². The molecular weight excluding hydrogens is 218 g/mol. The van der Waals surface area contributed by atoms with Crippen LogP contribution < -0.4 is 0 Å². The van der Waals surface area contributed by atoms with Gasteiger partial charge in [0.15, 0.2) is 0 Å². The third kappa shape index (κ3) is 4.40. The van der Waals surface area contributed by atoms with Crippen LogP contribution in [0.4, 0.5) is 0 Å². The lowest BCUT2D eigenvalue weighted by molar-refractivity contribution is 0.280. The fraction of sp³-hybridized carbons (Fsp3) is 1.00. The maximum absolute atomic E-state index is 11.9. The maximum atomic E-state index is 11.9. The first kappa shape index (κ1) is 14.6. The van der Waals surface area contributed by atoms with Crippen LogP contribution in [-0.2, 0) is 13.6 Å². The molecule has 0 unspecified atom stereocenters. The van der Waals surface area contributed by atoms with Gasteiger partial charge in [-0.05, 0) is 11.3 Å². The Labute approximate surface area is 88.8 Å². The fourth-order valence-corrected chi connectivity index (χ4v) is 7.79. The van der Waals surface area contributed by atoms with E-state index in [1.807, 2.05) is 0 Å². The molecule has 0 bridgehead atoms. The second kappa shape index (κ2) is 6.23. The zero-order chi connectivity index (χ0) is 11.4. The van der Waals surface area contributed by atoms with Crippen molar-refractivity contribution in [3.8, 4) is 0 Å². The zero-order valence-corrected chi connectivity index (χ0v) is 11.8. The summed E-state index contributed by atoms with van der Waals surface area (Å²) in [5, 5.41) is 0. The van der Waals surface area contributed by atoms with E-state index in [0.717, 1.165) is 0 Å². The number of hydrogen-bond acceptors (Lipinski definition) is 3. The van der Waals surface area contributed by atoms with Crippen molar-refractivity contribution >= 4 is 15.5 Å². The van der Waals surface area contributed by atoms with Gasteiger partial charge in [0.05, 0.1) is 5.90 Å². The van der Waals surface area contributed by atoms with E-state index in [1.165, 1.54) is 14.2 Å². The third-order valence-electron chi connectivity index (χ3n) is 2.22. The van der Waals surface area contributed by atoms with Gasteiger partial charge in [0.1, 0.15) is 0 Å². The Kier molecular flexibility index (Phi) is 6.48. The summed E-state index contributed by atoms with van der Waals surface area (Å²) in [5.41, 5.74) is 1.12. The van der Waals surface area contributed by atoms with Crippen molar-refractivity contribution in [1.82, 2.24) is 0 Å². The van der Waals surface area contributed by atoms with Crippen molar-refractivity contribution in [3.05, 3.63) is 0 Å². The van der Waals surface area contributed by atoms with E-state index < -0.39 is 7.60 Å². The minimum absolute atomic E-state index is 0.291. The molecule has 0 N–H and O–H groups in total. The van der Waals surface area contributed by atoms with E-state index in [0.29, 0.717) is 17.2 Å². The molecule has 0 atom stereocenters. The number of rotatable bonds is 6. The highest BCUT2D eigenvalue weighted by molar-refractivity contribution is 7.73. The lowest BCUT2D eigenvalue weighted by Gasteiger charge is -2.28. The van der Waals surface area contributed by atoms with E-state index in [1.54, 1.807) is 0 Å². The summed E-state index contributed by atoms with van der Waals surface area (Å²) in [6.07, 6.45) is 0. The Bertz CT molecular complexity index is 188. The highest BCUT2D eigenvalue weighted by atomic mass is 31.2. The molecule has 86 valence electrons. The molecule has 0 radical (unpaired) electrons. The topological polar surface area (TPSA) is 35.5 Å². The first-order valence-electron chi connectivity index (χ1n) is 4.82. The summed E-state index contributed by atoms with van der Waals surface area (Å²) in [5.74, 6) is 0.574. The van der Waals surface area contributed by atoms with Crippen LogP contribution in [-0.4, -0.2) is 31.4 Å². The Hall–Kier alpha value is 0.580. The van der Waals surface area contributed by atoms with Crippen molar-refractivity contribution in [1.29, 1.82) is 0 Å². The van der Waals surface area contributed by atoms with Gasteiger partial charge in [-0.1, -0.05) is 35.6 Å². The standard InChI is InChI=1S/C9H22O3P2/c1-8(2)13(9(3)4)7-14(10,11-5)12-6/h8-9H,7H2,1-6H3. The summed E-state index contributed by atoms with van der Waals surface area (Å²) in [6.45, 7) is 8.67. The monoisotopic (exact) mass is 240 g/mol. The average molecular weight is 240 g/mol. The molecule has 3 nitrogen and oxygen atoms in total. The average Bonchev–Trinajstić information content (AvgIpc) is 2.13. The quantitative estimate of drug-likeness (QED) is 0.663. The molecule has 0 saturated heterocycles.